The molecule has 0 aliphatic rings. The van der Waals surface area contributed by atoms with Crippen molar-refractivity contribution in [3.63, 3.8) is 0 Å². The van der Waals surface area contributed by atoms with Gasteiger partial charge in [-0.3, -0.25) is 4.79 Å². The van der Waals surface area contributed by atoms with Crippen LogP contribution >= 0.6 is 0 Å². The Kier molecular flexibility index (Phi) is 4.41. The van der Waals surface area contributed by atoms with E-state index >= 15 is 0 Å². The summed E-state index contributed by atoms with van der Waals surface area (Å²) in [5, 5.41) is 8.78. The second-order valence-corrected chi connectivity index (χ2v) is 3.58. The molecule has 0 aliphatic carbocycles. The van der Waals surface area contributed by atoms with Crippen molar-refractivity contribution in [3.05, 3.63) is 34.9 Å². The maximum absolute atomic E-state index is 11.7. The second-order valence-electron chi connectivity index (χ2n) is 3.58. The van der Waals surface area contributed by atoms with Gasteiger partial charge in [0.2, 0.25) is 0 Å². The first-order valence-corrected chi connectivity index (χ1v) is 5.28. The first kappa shape index (κ1) is 12.9. The predicted octanol–water partition coefficient (Wildman–Crippen LogP) is 1.87. The molecule has 0 fully saturated rings. The van der Waals surface area contributed by atoms with Gasteiger partial charge in [-0.15, -0.1) is 0 Å². The van der Waals surface area contributed by atoms with E-state index in [2.05, 4.69) is 0 Å². The molecule has 0 saturated heterocycles. The third-order valence-corrected chi connectivity index (χ3v) is 2.17. The Morgan fingerprint density at radius 1 is 1.41 bits per heavy atom. The zero-order valence-corrected chi connectivity index (χ0v) is 9.82. The van der Waals surface area contributed by atoms with E-state index in [1.165, 1.54) is 13.0 Å². The van der Waals surface area contributed by atoms with E-state index in [4.69, 9.17) is 10.00 Å². The maximum Gasteiger partial charge on any atom is 0.338 e. The number of nitriles is 1. The Balaban J connectivity index is 3.16. The number of Topliss-reactive ketones (excluding diaryl/α,β-unsaturated/α-hetero) is 1. The van der Waals surface area contributed by atoms with E-state index in [9.17, 15) is 9.59 Å². The lowest BCUT2D eigenvalue weighted by atomic mass is 10.0. The summed E-state index contributed by atoms with van der Waals surface area (Å²) in [5.74, 6) is -0.541. The largest absolute Gasteiger partial charge is 0.462 e. The number of hydrogen-bond donors (Lipinski definition) is 0. The number of nitrogens with zero attached hydrogens (tertiary/aromatic N) is 1. The summed E-state index contributed by atoms with van der Waals surface area (Å²) < 4.78 is 4.89. The van der Waals surface area contributed by atoms with Crippen LogP contribution in [0.4, 0.5) is 0 Å². The van der Waals surface area contributed by atoms with Crippen molar-refractivity contribution < 1.29 is 14.3 Å². The van der Waals surface area contributed by atoms with Crippen LogP contribution in [-0.4, -0.2) is 18.4 Å². The van der Waals surface area contributed by atoms with Gasteiger partial charge in [-0.05, 0) is 31.5 Å². The summed E-state index contributed by atoms with van der Waals surface area (Å²) in [4.78, 5) is 22.8. The Morgan fingerprint density at radius 3 is 2.65 bits per heavy atom. The molecule has 0 bridgehead atoms. The van der Waals surface area contributed by atoms with Gasteiger partial charge < -0.3 is 4.74 Å². The molecule has 1 aromatic rings. The van der Waals surface area contributed by atoms with Gasteiger partial charge in [0.25, 0.3) is 0 Å². The average molecular weight is 231 g/mol. The Labute approximate surface area is 99.8 Å². The van der Waals surface area contributed by atoms with E-state index in [-0.39, 0.29) is 18.8 Å². The van der Waals surface area contributed by atoms with E-state index in [1.54, 1.807) is 19.1 Å². The van der Waals surface area contributed by atoms with Crippen molar-refractivity contribution >= 4 is 11.8 Å². The van der Waals surface area contributed by atoms with Gasteiger partial charge in [0, 0.05) is 6.42 Å². The average Bonchev–Trinajstić information content (AvgIpc) is 2.29. The zero-order valence-electron chi connectivity index (χ0n) is 9.82. The number of esters is 1. The molecule has 0 aromatic heterocycles. The third kappa shape index (κ3) is 3.42. The molecule has 0 N–H and O–H groups in total. The standard InChI is InChI=1S/C13H13NO3/c1-3-17-13(16)12-7-10(8-14)4-5-11(12)6-9(2)15/h4-5,7H,3,6H2,1-2H3. The lowest BCUT2D eigenvalue weighted by molar-refractivity contribution is -0.116. The van der Waals surface area contributed by atoms with Crippen LogP contribution in [0.25, 0.3) is 0 Å². The van der Waals surface area contributed by atoms with Crippen molar-refractivity contribution in [1.29, 1.82) is 5.26 Å². The van der Waals surface area contributed by atoms with Gasteiger partial charge in [0.1, 0.15) is 5.78 Å². The van der Waals surface area contributed by atoms with Crippen LogP contribution in [0.2, 0.25) is 0 Å². The summed E-state index contributed by atoms with van der Waals surface area (Å²) in [5.41, 5.74) is 1.26. The van der Waals surface area contributed by atoms with Gasteiger partial charge in [-0.2, -0.15) is 5.26 Å². The molecular formula is C13H13NO3. The first-order chi connectivity index (χ1) is 8.08. The Morgan fingerprint density at radius 2 is 2.12 bits per heavy atom. The van der Waals surface area contributed by atoms with Crippen molar-refractivity contribution in [2.75, 3.05) is 6.61 Å². The smallest absolute Gasteiger partial charge is 0.338 e. The summed E-state index contributed by atoms with van der Waals surface area (Å²) in [6.07, 6.45) is 0.167. The maximum atomic E-state index is 11.7. The van der Waals surface area contributed by atoms with Gasteiger partial charge >= 0.3 is 5.97 Å². The number of carbonyl (C=O) groups excluding carboxylic acids is 2. The summed E-state index contributed by atoms with van der Waals surface area (Å²) >= 11 is 0. The quantitative estimate of drug-likeness (QED) is 0.742. The minimum Gasteiger partial charge on any atom is -0.462 e. The number of carbonyl (C=O) groups is 2. The Hall–Kier alpha value is -2.15. The highest BCUT2D eigenvalue weighted by Gasteiger charge is 2.14. The highest BCUT2D eigenvalue weighted by Crippen LogP contribution is 2.14. The molecule has 0 atom stereocenters. The number of rotatable bonds is 4. The fraction of sp³-hybridized carbons (Fsp3) is 0.308. The first-order valence-electron chi connectivity index (χ1n) is 5.28. The number of hydrogen-bond acceptors (Lipinski definition) is 4. The highest BCUT2D eigenvalue weighted by atomic mass is 16.5. The molecule has 17 heavy (non-hydrogen) atoms. The fourth-order valence-electron chi connectivity index (χ4n) is 1.47. The zero-order chi connectivity index (χ0) is 12.8. The summed E-state index contributed by atoms with van der Waals surface area (Å²) in [6, 6.07) is 6.61. The molecule has 0 saturated carbocycles. The van der Waals surface area contributed by atoms with Crippen LogP contribution in [-0.2, 0) is 16.0 Å². The number of ether oxygens (including phenoxy) is 1. The minimum atomic E-state index is -0.499. The SMILES string of the molecule is CCOC(=O)c1cc(C#N)ccc1CC(C)=O. The van der Waals surface area contributed by atoms with Gasteiger partial charge in [-0.25, -0.2) is 4.79 Å². The molecule has 4 heteroatoms. The lowest BCUT2D eigenvalue weighted by Gasteiger charge is -2.07. The van der Waals surface area contributed by atoms with Crippen LogP contribution in [0.15, 0.2) is 18.2 Å². The van der Waals surface area contributed by atoms with E-state index in [1.807, 2.05) is 6.07 Å². The fourth-order valence-corrected chi connectivity index (χ4v) is 1.47. The highest BCUT2D eigenvalue weighted by molar-refractivity contribution is 5.93. The molecule has 0 radical (unpaired) electrons. The minimum absolute atomic E-state index is 0.0414. The molecular weight excluding hydrogens is 218 g/mol. The van der Waals surface area contributed by atoms with Gasteiger partial charge in [0.05, 0.1) is 23.8 Å². The molecule has 1 aromatic carbocycles. The predicted molar refractivity (Wildman–Crippen MR) is 61.5 cm³/mol. The lowest BCUT2D eigenvalue weighted by Crippen LogP contribution is -2.10. The molecule has 0 amide bonds. The van der Waals surface area contributed by atoms with Gasteiger partial charge in [0.15, 0.2) is 0 Å². The molecule has 0 unspecified atom stereocenters. The van der Waals surface area contributed by atoms with Crippen molar-refractivity contribution in [3.8, 4) is 6.07 Å². The third-order valence-electron chi connectivity index (χ3n) is 2.17. The van der Waals surface area contributed by atoms with Crippen LogP contribution < -0.4 is 0 Å². The molecule has 1 rings (SSSR count). The Bertz CT molecular complexity index is 486. The molecule has 0 spiro atoms. The van der Waals surface area contributed by atoms with Crippen LogP contribution in [0.1, 0.15) is 35.3 Å². The van der Waals surface area contributed by atoms with Crippen LogP contribution in [0, 0.1) is 11.3 Å². The van der Waals surface area contributed by atoms with Crippen molar-refractivity contribution in [1.82, 2.24) is 0 Å². The van der Waals surface area contributed by atoms with Crippen LogP contribution in [0.5, 0.6) is 0 Å². The van der Waals surface area contributed by atoms with E-state index in [0.29, 0.717) is 16.7 Å². The van der Waals surface area contributed by atoms with E-state index < -0.39 is 5.97 Å². The summed E-state index contributed by atoms with van der Waals surface area (Å²) in [6.45, 7) is 3.42. The molecule has 4 nitrogen and oxygen atoms in total. The van der Waals surface area contributed by atoms with Crippen molar-refractivity contribution in [2.24, 2.45) is 0 Å². The molecule has 0 heterocycles. The number of benzene rings is 1. The number of ketones is 1. The normalized spacial score (nSPS) is 9.47. The van der Waals surface area contributed by atoms with Crippen LogP contribution in [0.3, 0.4) is 0 Å². The molecule has 88 valence electrons. The molecule has 0 aliphatic heterocycles. The van der Waals surface area contributed by atoms with Crippen molar-refractivity contribution in [2.45, 2.75) is 20.3 Å². The monoisotopic (exact) mass is 231 g/mol. The van der Waals surface area contributed by atoms with E-state index in [0.717, 1.165) is 0 Å². The topological polar surface area (TPSA) is 67.2 Å². The summed E-state index contributed by atoms with van der Waals surface area (Å²) in [7, 11) is 0. The van der Waals surface area contributed by atoms with Gasteiger partial charge in [-0.1, -0.05) is 6.07 Å². The second kappa shape index (κ2) is 5.80.